The number of hydrogen-bond acceptors (Lipinski definition) is 2. The second kappa shape index (κ2) is 8.30. The number of hydrogen-bond donors (Lipinski definition) is 1. The molecule has 2 fully saturated rings. The fourth-order valence-electron chi connectivity index (χ4n) is 5.89. The molecule has 1 N–H and O–H groups in total. The molecule has 3 nitrogen and oxygen atoms in total. The molecule has 3 heterocycles. The van der Waals surface area contributed by atoms with E-state index in [0.29, 0.717) is 41.8 Å². The van der Waals surface area contributed by atoms with Gasteiger partial charge in [0.15, 0.2) is 0 Å². The Labute approximate surface area is 173 Å². The largest absolute Gasteiger partial charge is 0.498 e. The molecule has 8 atom stereocenters. The van der Waals surface area contributed by atoms with Crippen LogP contribution in [0.3, 0.4) is 0 Å². The molecule has 0 saturated carbocycles. The number of aliphatic hydroxyl groups excluding tert-OH is 1. The Morgan fingerprint density at radius 2 is 1.82 bits per heavy atom. The van der Waals surface area contributed by atoms with Crippen molar-refractivity contribution >= 4 is 0 Å². The number of ether oxygens (including phenoxy) is 1. The summed E-state index contributed by atoms with van der Waals surface area (Å²) in [5, 5.41) is 9.67. The molecule has 0 amide bonds. The van der Waals surface area contributed by atoms with Crippen LogP contribution in [0.2, 0.25) is 0 Å². The molecule has 28 heavy (non-hydrogen) atoms. The van der Waals surface area contributed by atoms with Crippen molar-refractivity contribution in [2.75, 3.05) is 6.61 Å². The van der Waals surface area contributed by atoms with Gasteiger partial charge in [0, 0.05) is 11.8 Å². The molecule has 1 unspecified atom stereocenters. The van der Waals surface area contributed by atoms with Crippen molar-refractivity contribution < 1.29 is 14.2 Å². The SMILES string of the molecule is CC(C)[C@@H](CC[C@@H](C)C[C@@H](C)C1=CC[C@H](C)CO1)C(C)(C)[C@H](C)C1[C@H]2[C@@H](O)[O+]12. The van der Waals surface area contributed by atoms with E-state index in [9.17, 15) is 5.11 Å². The van der Waals surface area contributed by atoms with E-state index in [0.717, 1.165) is 12.5 Å². The molecule has 0 aromatic heterocycles. The Bertz CT molecular complexity index is 556. The molecule has 0 aromatic rings. The highest BCUT2D eigenvalue weighted by atomic mass is 17.0. The van der Waals surface area contributed by atoms with Gasteiger partial charge in [0.25, 0.3) is 0 Å². The lowest BCUT2D eigenvalue weighted by Crippen LogP contribution is -2.40. The Hall–Kier alpha value is -0.540. The van der Waals surface area contributed by atoms with Crippen LogP contribution in [-0.2, 0) is 9.10 Å². The zero-order valence-corrected chi connectivity index (χ0v) is 19.6. The van der Waals surface area contributed by atoms with Gasteiger partial charge in [-0.25, -0.2) is 0 Å². The van der Waals surface area contributed by atoms with Crippen molar-refractivity contribution in [2.45, 2.75) is 99.6 Å². The lowest BCUT2D eigenvalue weighted by Gasteiger charge is -2.41. The summed E-state index contributed by atoms with van der Waals surface area (Å²) >= 11 is 0. The fraction of sp³-hybridized carbons (Fsp3) is 0.920. The summed E-state index contributed by atoms with van der Waals surface area (Å²) in [6, 6.07) is 0. The van der Waals surface area contributed by atoms with Crippen LogP contribution in [0.25, 0.3) is 0 Å². The Balaban J connectivity index is 1.50. The first kappa shape index (κ1) is 22.2. The summed E-state index contributed by atoms with van der Waals surface area (Å²) in [4.78, 5) is 0. The number of allylic oxidation sites excluding steroid dienone is 2. The van der Waals surface area contributed by atoms with Gasteiger partial charge < -0.3 is 14.2 Å². The molecule has 3 aliphatic rings. The van der Waals surface area contributed by atoms with E-state index in [-0.39, 0.29) is 11.7 Å². The van der Waals surface area contributed by atoms with Crippen LogP contribution in [0, 0.1) is 40.9 Å². The van der Waals surface area contributed by atoms with Crippen LogP contribution in [0.5, 0.6) is 0 Å². The molecule has 0 bridgehead atoms. The predicted octanol–water partition coefficient (Wildman–Crippen LogP) is 5.94. The second-order valence-corrected chi connectivity index (χ2v) is 11.3. The van der Waals surface area contributed by atoms with Crippen molar-refractivity contribution in [3.63, 3.8) is 0 Å². The van der Waals surface area contributed by atoms with Crippen LogP contribution in [0.1, 0.15) is 81.1 Å². The van der Waals surface area contributed by atoms with Crippen molar-refractivity contribution in [3.8, 4) is 0 Å². The Kier molecular flexibility index (Phi) is 6.57. The molecular weight excluding hydrogens is 348 g/mol. The highest BCUT2D eigenvalue weighted by Gasteiger charge is 2.87. The summed E-state index contributed by atoms with van der Waals surface area (Å²) in [6.07, 6.45) is 8.04. The van der Waals surface area contributed by atoms with E-state index < -0.39 is 0 Å². The van der Waals surface area contributed by atoms with E-state index in [1.54, 1.807) is 0 Å². The monoisotopic (exact) mass is 393 g/mol. The van der Waals surface area contributed by atoms with Gasteiger partial charge in [-0.3, -0.25) is 0 Å². The Morgan fingerprint density at radius 3 is 2.32 bits per heavy atom. The van der Waals surface area contributed by atoms with Gasteiger partial charge in [0.2, 0.25) is 6.10 Å². The maximum Gasteiger partial charge on any atom is 0.347 e. The highest BCUT2D eigenvalue weighted by molar-refractivity contribution is 5.13. The summed E-state index contributed by atoms with van der Waals surface area (Å²) in [7, 11) is 0. The lowest BCUT2D eigenvalue weighted by atomic mass is 9.62. The van der Waals surface area contributed by atoms with Gasteiger partial charge in [-0.05, 0) is 54.4 Å². The van der Waals surface area contributed by atoms with Crippen molar-refractivity contribution in [2.24, 2.45) is 40.9 Å². The summed E-state index contributed by atoms with van der Waals surface area (Å²) in [5.74, 6) is 5.17. The average Bonchev–Trinajstić information content (AvgIpc) is 3.51. The molecule has 3 aliphatic heterocycles. The topological polar surface area (TPSA) is 32.2 Å². The first-order valence-electron chi connectivity index (χ1n) is 11.8. The van der Waals surface area contributed by atoms with E-state index in [1.165, 1.54) is 31.4 Å². The smallest absolute Gasteiger partial charge is 0.347 e. The second-order valence-electron chi connectivity index (χ2n) is 11.3. The van der Waals surface area contributed by atoms with Crippen LogP contribution >= 0.6 is 0 Å². The highest BCUT2D eigenvalue weighted by Crippen LogP contribution is 2.63. The predicted molar refractivity (Wildman–Crippen MR) is 116 cm³/mol. The standard InChI is InChI=1S/C25H45O3/c1-15(2)20(25(7,8)19(6)22-23-24(26)28(22)23)11-9-16(3)13-18(5)21-12-10-17(4)14-27-21/h12,15-20,22-24,26H,9-11,13-14H2,1-8H3/q+1/t16-,17+,18-,19-,20-,22?,23+,24+/m1/s1. The molecule has 162 valence electrons. The van der Waals surface area contributed by atoms with Gasteiger partial charge in [-0.1, -0.05) is 61.8 Å². The molecule has 0 aliphatic carbocycles. The van der Waals surface area contributed by atoms with Crippen molar-refractivity contribution in [3.05, 3.63) is 11.8 Å². The van der Waals surface area contributed by atoms with Gasteiger partial charge in [0.1, 0.15) is 0 Å². The molecule has 3 heteroatoms. The van der Waals surface area contributed by atoms with E-state index in [4.69, 9.17) is 4.74 Å². The van der Waals surface area contributed by atoms with Crippen LogP contribution in [0.4, 0.5) is 0 Å². The van der Waals surface area contributed by atoms with Gasteiger partial charge in [-0.2, -0.15) is 0 Å². The minimum Gasteiger partial charge on any atom is -0.498 e. The summed E-state index contributed by atoms with van der Waals surface area (Å²) in [6.45, 7) is 20.0. The molecular formula is C25H45O3+. The van der Waals surface area contributed by atoms with Gasteiger partial charge >= 0.3 is 12.4 Å². The van der Waals surface area contributed by atoms with Crippen LogP contribution in [0.15, 0.2) is 11.8 Å². The third-order valence-corrected chi connectivity index (χ3v) is 8.25. The molecule has 0 aromatic carbocycles. The molecule has 2 saturated heterocycles. The maximum atomic E-state index is 9.67. The van der Waals surface area contributed by atoms with E-state index >= 15 is 0 Å². The molecule has 3 rings (SSSR count). The minimum absolute atomic E-state index is 0.207. The number of fused-ring (bicyclic) bond motifs is 1. The van der Waals surface area contributed by atoms with Gasteiger partial charge in [0.05, 0.1) is 12.4 Å². The third kappa shape index (κ3) is 4.46. The average molecular weight is 394 g/mol. The number of rotatable bonds is 10. The summed E-state index contributed by atoms with van der Waals surface area (Å²) < 4.78 is 9.07. The summed E-state index contributed by atoms with van der Waals surface area (Å²) in [5.41, 5.74) is 0.287. The quantitative estimate of drug-likeness (QED) is 0.368. The van der Waals surface area contributed by atoms with Crippen molar-refractivity contribution in [1.29, 1.82) is 0 Å². The zero-order chi connectivity index (χ0) is 20.8. The third-order valence-electron chi connectivity index (χ3n) is 8.25. The van der Waals surface area contributed by atoms with Gasteiger partial charge in [-0.15, -0.1) is 0 Å². The normalized spacial score (nSPS) is 34.1. The van der Waals surface area contributed by atoms with E-state index in [1.807, 2.05) is 0 Å². The number of aliphatic hydroxyl groups is 1. The number of epoxide rings is 2. The van der Waals surface area contributed by atoms with Crippen LogP contribution < -0.4 is 0 Å². The van der Waals surface area contributed by atoms with Crippen LogP contribution in [-0.4, -0.2) is 30.2 Å². The maximum absolute atomic E-state index is 9.67. The van der Waals surface area contributed by atoms with Crippen molar-refractivity contribution in [1.82, 2.24) is 0 Å². The van der Waals surface area contributed by atoms with E-state index in [2.05, 4.69) is 65.8 Å². The fourth-order valence-corrected chi connectivity index (χ4v) is 5.89. The zero-order valence-electron chi connectivity index (χ0n) is 19.6. The first-order valence-corrected chi connectivity index (χ1v) is 11.8. The molecule has 0 spiro atoms. The molecule has 0 radical (unpaired) electrons. The lowest BCUT2D eigenvalue weighted by molar-refractivity contribution is -0.0578. The Morgan fingerprint density at radius 1 is 1.18 bits per heavy atom. The first-order chi connectivity index (χ1) is 13.1. The minimum atomic E-state index is -0.207.